The number of phosphoric ester groups is 2. The Morgan fingerprint density at radius 3 is 0.694 bits per heavy atom. The van der Waals surface area contributed by atoms with Gasteiger partial charge in [-0.1, -0.05) is 291 Å². The van der Waals surface area contributed by atoms with Gasteiger partial charge in [0.05, 0.1) is 26.4 Å². The molecule has 0 saturated heterocycles. The molecule has 0 radical (unpaired) electrons. The molecule has 5 atom stereocenters. The lowest BCUT2D eigenvalue weighted by Gasteiger charge is -2.21. The molecule has 504 valence electrons. The van der Waals surface area contributed by atoms with E-state index in [9.17, 15) is 43.2 Å². The molecular formula is C66H128O17P2. The minimum Gasteiger partial charge on any atom is -0.462 e. The van der Waals surface area contributed by atoms with Gasteiger partial charge in [0.15, 0.2) is 12.2 Å². The van der Waals surface area contributed by atoms with Crippen LogP contribution in [-0.4, -0.2) is 96.7 Å². The number of carbonyl (C=O) groups excluding carboxylic acids is 4. The SMILES string of the molecule is CCCCCCCCCCCCCCCCC(=O)O[C@H](COC(=O)CCCCCCCCCCCCCCC)COP(=O)(O)OC[C@@H](O)COP(=O)(O)OC[C@@H](COC(=O)CCCCCCCCCCC)OC(=O)CCCCCCCCCCC. The van der Waals surface area contributed by atoms with E-state index in [0.29, 0.717) is 25.7 Å². The number of esters is 4. The highest BCUT2D eigenvalue weighted by molar-refractivity contribution is 7.47. The second-order valence-electron chi connectivity index (χ2n) is 23.9. The van der Waals surface area contributed by atoms with Crippen molar-refractivity contribution >= 4 is 39.5 Å². The lowest BCUT2D eigenvalue weighted by molar-refractivity contribution is -0.161. The summed E-state index contributed by atoms with van der Waals surface area (Å²) in [5, 5.41) is 10.5. The molecule has 0 rings (SSSR count). The van der Waals surface area contributed by atoms with Crippen molar-refractivity contribution in [1.82, 2.24) is 0 Å². The summed E-state index contributed by atoms with van der Waals surface area (Å²) >= 11 is 0. The van der Waals surface area contributed by atoms with Crippen LogP contribution in [0, 0.1) is 0 Å². The number of rotatable bonds is 67. The predicted octanol–water partition coefficient (Wildman–Crippen LogP) is 18.7. The Bertz CT molecular complexity index is 1640. The molecule has 0 aromatic carbocycles. The van der Waals surface area contributed by atoms with Gasteiger partial charge in [-0.05, 0) is 25.7 Å². The van der Waals surface area contributed by atoms with E-state index < -0.39 is 97.5 Å². The molecule has 0 fully saturated rings. The Kier molecular flexibility index (Phi) is 59.6. The summed E-state index contributed by atoms with van der Waals surface area (Å²) in [6.45, 7) is 4.89. The molecule has 3 N–H and O–H groups in total. The first kappa shape index (κ1) is 83.1. The number of hydrogen-bond acceptors (Lipinski definition) is 15. The maximum Gasteiger partial charge on any atom is 0.472 e. The molecule has 17 nitrogen and oxygen atoms in total. The molecule has 0 aromatic rings. The van der Waals surface area contributed by atoms with E-state index in [1.807, 2.05) is 0 Å². The molecule has 0 spiro atoms. The van der Waals surface area contributed by atoms with Crippen LogP contribution in [0.5, 0.6) is 0 Å². The Balaban J connectivity index is 5.22. The maximum absolute atomic E-state index is 13.0. The zero-order valence-corrected chi connectivity index (χ0v) is 56.4. The van der Waals surface area contributed by atoms with Crippen molar-refractivity contribution in [2.75, 3.05) is 39.6 Å². The number of unbranched alkanes of at least 4 members (excludes halogenated alkanes) is 41. The van der Waals surface area contributed by atoms with Gasteiger partial charge in [0, 0.05) is 25.7 Å². The average molecular weight is 1260 g/mol. The smallest absolute Gasteiger partial charge is 0.462 e. The lowest BCUT2D eigenvalue weighted by Crippen LogP contribution is -2.30. The number of carbonyl (C=O) groups is 4. The third kappa shape index (κ3) is 60.7. The highest BCUT2D eigenvalue weighted by Crippen LogP contribution is 2.45. The van der Waals surface area contributed by atoms with Crippen molar-refractivity contribution in [3.63, 3.8) is 0 Å². The van der Waals surface area contributed by atoms with Crippen LogP contribution in [0.15, 0.2) is 0 Å². The van der Waals surface area contributed by atoms with Crippen LogP contribution in [0.3, 0.4) is 0 Å². The predicted molar refractivity (Wildman–Crippen MR) is 340 cm³/mol. The lowest BCUT2D eigenvalue weighted by atomic mass is 10.0. The minimum atomic E-state index is -4.94. The van der Waals surface area contributed by atoms with Crippen LogP contribution in [0.1, 0.15) is 342 Å². The maximum atomic E-state index is 13.0. The summed E-state index contributed by atoms with van der Waals surface area (Å²) in [6.07, 6.45) is 47.1. The van der Waals surface area contributed by atoms with Gasteiger partial charge in [-0.2, -0.15) is 0 Å². The van der Waals surface area contributed by atoms with E-state index in [4.69, 9.17) is 37.0 Å². The number of phosphoric acid groups is 2. The van der Waals surface area contributed by atoms with Gasteiger partial charge in [0.25, 0.3) is 0 Å². The molecule has 0 amide bonds. The summed E-state index contributed by atoms with van der Waals surface area (Å²) in [5.74, 6) is -2.13. The van der Waals surface area contributed by atoms with Crippen molar-refractivity contribution in [1.29, 1.82) is 0 Å². The van der Waals surface area contributed by atoms with Crippen molar-refractivity contribution in [3.8, 4) is 0 Å². The van der Waals surface area contributed by atoms with Crippen LogP contribution in [-0.2, 0) is 65.4 Å². The fourth-order valence-electron chi connectivity index (χ4n) is 9.99. The van der Waals surface area contributed by atoms with Crippen molar-refractivity contribution < 1.29 is 80.2 Å². The summed E-state index contributed by atoms with van der Waals surface area (Å²) in [7, 11) is -9.88. The minimum absolute atomic E-state index is 0.106. The number of ether oxygens (including phenoxy) is 4. The fourth-order valence-corrected chi connectivity index (χ4v) is 11.6. The largest absolute Gasteiger partial charge is 0.472 e. The highest BCUT2D eigenvalue weighted by atomic mass is 31.2. The summed E-state index contributed by atoms with van der Waals surface area (Å²) < 4.78 is 68.0. The molecular weight excluding hydrogens is 1130 g/mol. The zero-order chi connectivity index (χ0) is 62.6. The molecule has 0 bridgehead atoms. The van der Waals surface area contributed by atoms with Gasteiger partial charge < -0.3 is 33.8 Å². The van der Waals surface area contributed by atoms with Crippen LogP contribution >= 0.6 is 15.6 Å². The molecule has 0 saturated carbocycles. The Hall–Kier alpha value is -1.94. The Morgan fingerprint density at radius 1 is 0.282 bits per heavy atom. The molecule has 0 aliphatic rings. The quantitative estimate of drug-likeness (QED) is 0.0222. The van der Waals surface area contributed by atoms with Crippen molar-refractivity contribution in [3.05, 3.63) is 0 Å². The van der Waals surface area contributed by atoms with E-state index in [1.54, 1.807) is 0 Å². The first-order chi connectivity index (χ1) is 41.2. The normalized spacial score (nSPS) is 14.1. The second-order valence-corrected chi connectivity index (χ2v) is 26.8. The zero-order valence-electron chi connectivity index (χ0n) is 54.6. The molecule has 85 heavy (non-hydrogen) atoms. The van der Waals surface area contributed by atoms with E-state index in [-0.39, 0.29) is 25.7 Å². The van der Waals surface area contributed by atoms with Crippen molar-refractivity contribution in [2.24, 2.45) is 0 Å². The monoisotopic (exact) mass is 1250 g/mol. The molecule has 0 aromatic heterocycles. The number of aliphatic hydroxyl groups is 1. The number of aliphatic hydroxyl groups excluding tert-OH is 1. The van der Waals surface area contributed by atoms with Gasteiger partial charge in [-0.25, -0.2) is 9.13 Å². The molecule has 0 aliphatic heterocycles. The first-order valence-corrected chi connectivity index (χ1v) is 37.8. The fraction of sp³-hybridized carbons (Fsp3) is 0.939. The van der Waals surface area contributed by atoms with Crippen LogP contribution in [0.25, 0.3) is 0 Å². The van der Waals surface area contributed by atoms with Crippen LogP contribution < -0.4 is 0 Å². The molecule has 2 unspecified atom stereocenters. The standard InChI is InChI=1S/C66H128O17P2/c1-5-9-13-17-21-25-27-29-31-33-37-41-45-49-53-66(71)83-62(57-77-64(69)51-47-43-39-36-32-30-28-26-22-18-14-10-6-2)59-81-85(74,75)79-55-60(67)54-78-84(72,73)80-58-61(82-65(70)52-48-44-40-35-24-20-16-12-8-4)56-76-63(68)50-46-42-38-34-23-19-15-11-7-3/h60-62,67H,5-59H2,1-4H3,(H,72,73)(H,74,75)/t60-,61+,62+/m0/s1. The Morgan fingerprint density at radius 2 is 0.471 bits per heavy atom. The molecule has 0 aliphatic carbocycles. The van der Waals surface area contributed by atoms with Gasteiger partial charge >= 0.3 is 39.5 Å². The third-order valence-electron chi connectivity index (χ3n) is 15.4. The summed E-state index contributed by atoms with van der Waals surface area (Å²) in [4.78, 5) is 72.2. The van der Waals surface area contributed by atoms with Gasteiger partial charge in [-0.15, -0.1) is 0 Å². The average Bonchev–Trinajstić information content (AvgIpc) is 3.57. The van der Waals surface area contributed by atoms with Gasteiger partial charge in [0.1, 0.15) is 19.3 Å². The molecule has 0 heterocycles. The molecule has 19 heteroatoms. The Labute approximate surface area is 517 Å². The third-order valence-corrected chi connectivity index (χ3v) is 17.3. The topological polar surface area (TPSA) is 237 Å². The van der Waals surface area contributed by atoms with E-state index in [2.05, 4.69) is 27.7 Å². The second kappa shape index (κ2) is 60.9. The van der Waals surface area contributed by atoms with Gasteiger partial charge in [0.2, 0.25) is 0 Å². The van der Waals surface area contributed by atoms with E-state index in [0.717, 1.165) is 89.9 Å². The van der Waals surface area contributed by atoms with Crippen molar-refractivity contribution in [2.45, 2.75) is 361 Å². The summed E-state index contributed by atoms with van der Waals surface area (Å²) in [5.41, 5.74) is 0. The van der Waals surface area contributed by atoms with Crippen LogP contribution in [0.4, 0.5) is 0 Å². The first-order valence-electron chi connectivity index (χ1n) is 34.8. The van der Waals surface area contributed by atoms with Crippen LogP contribution in [0.2, 0.25) is 0 Å². The number of hydrogen-bond donors (Lipinski definition) is 3. The van der Waals surface area contributed by atoms with E-state index in [1.165, 1.54) is 173 Å². The van der Waals surface area contributed by atoms with Gasteiger partial charge in [-0.3, -0.25) is 37.3 Å². The van der Waals surface area contributed by atoms with E-state index >= 15 is 0 Å². The summed E-state index contributed by atoms with van der Waals surface area (Å²) in [6, 6.07) is 0. The highest BCUT2D eigenvalue weighted by Gasteiger charge is 2.30.